The third-order valence-corrected chi connectivity index (χ3v) is 3.95. The van der Waals surface area contributed by atoms with Crippen molar-refractivity contribution in [3.05, 3.63) is 0 Å². The zero-order valence-corrected chi connectivity index (χ0v) is 11.0. The van der Waals surface area contributed by atoms with Gasteiger partial charge in [-0.2, -0.15) is 0 Å². The van der Waals surface area contributed by atoms with E-state index in [1.165, 1.54) is 0 Å². The first-order valence-corrected chi connectivity index (χ1v) is 6.28. The molecule has 0 bridgehead atoms. The lowest BCUT2D eigenvalue weighted by atomic mass is 9.89. The van der Waals surface area contributed by atoms with Gasteiger partial charge in [0.25, 0.3) is 0 Å². The van der Waals surface area contributed by atoms with Crippen LogP contribution in [0.25, 0.3) is 0 Å². The van der Waals surface area contributed by atoms with E-state index in [1.807, 2.05) is 20.8 Å². The van der Waals surface area contributed by atoms with E-state index in [0.29, 0.717) is 5.78 Å². The van der Waals surface area contributed by atoms with Gasteiger partial charge >= 0.3 is 0 Å². The molecule has 1 saturated heterocycles. The van der Waals surface area contributed by atoms with Gasteiger partial charge in [-0.3, -0.25) is 4.79 Å². The third-order valence-electron chi connectivity index (χ3n) is 3.95. The average molecular weight is 227 g/mol. The van der Waals surface area contributed by atoms with Crippen LogP contribution in [0.4, 0.5) is 0 Å². The van der Waals surface area contributed by atoms with Crippen LogP contribution in [0.5, 0.6) is 0 Å². The number of aliphatic hydroxyl groups is 1. The molecule has 0 aromatic carbocycles. The summed E-state index contributed by atoms with van der Waals surface area (Å²) in [6.45, 7) is 10.3. The van der Waals surface area contributed by atoms with Crippen LogP contribution >= 0.6 is 0 Å². The lowest BCUT2D eigenvalue weighted by Crippen LogP contribution is -2.47. The Hall–Kier alpha value is -0.410. The second-order valence-corrected chi connectivity index (χ2v) is 5.67. The highest BCUT2D eigenvalue weighted by Crippen LogP contribution is 2.22. The van der Waals surface area contributed by atoms with E-state index in [-0.39, 0.29) is 11.8 Å². The summed E-state index contributed by atoms with van der Waals surface area (Å²) in [6, 6.07) is 0. The van der Waals surface area contributed by atoms with Gasteiger partial charge in [0.2, 0.25) is 0 Å². The molecule has 0 amide bonds. The van der Waals surface area contributed by atoms with E-state index in [2.05, 4.69) is 4.90 Å². The fraction of sp³-hybridized carbons (Fsp3) is 0.923. The van der Waals surface area contributed by atoms with Crippen LogP contribution in [0.15, 0.2) is 0 Å². The molecule has 94 valence electrons. The maximum absolute atomic E-state index is 11.2. The number of piperidine rings is 1. The van der Waals surface area contributed by atoms with Gasteiger partial charge in [0.05, 0.1) is 5.60 Å². The maximum atomic E-state index is 11.2. The fourth-order valence-electron chi connectivity index (χ4n) is 2.13. The van der Waals surface area contributed by atoms with Crippen molar-refractivity contribution in [3.63, 3.8) is 0 Å². The number of hydrogen-bond donors (Lipinski definition) is 1. The van der Waals surface area contributed by atoms with Gasteiger partial charge in [0.1, 0.15) is 5.78 Å². The second-order valence-electron chi connectivity index (χ2n) is 5.67. The van der Waals surface area contributed by atoms with E-state index in [4.69, 9.17) is 0 Å². The number of rotatable bonds is 4. The molecule has 1 aliphatic rings. The van der Waals surface area contributed by atoms with Gasteiger partial charge in [-0.05, 0) is 45.7 Å². The molecule has 0 saturated carbocycles. The van der Waals surface area contributed by atoms with Crippen LogP contribution in [0, 0.1) is 11.8 Å². The number of β-amino-alcohol motifs (C(OH)–C–C–N with tert-alkyl or cyclic N) is 1. The second kappa shape index (κ2) is 5.28. The summed E-state index contributed by atoms with van der Waals surface area (Å²) in [7, 11) is 0. The molecule has 1 fully saturated rings. The minimum atomic E-state index is -0.622. The molecule has 0 aromatic heterocycles. The van der Waals surface area contributed by atoms with Gasteiger partial charge < -0.3 is 10.0 Å². The van der Waals surface area contributed by atoms with Gasteiger partial charge in [0, 0.05) is 12.5 Å². The molecular formula is C13H25NO2. The quantitative estimate of drug-likeness (QED) is 0.794. The van der Waals surface area contributed by atoms with Gasteiger partial charge in [-0.25, -0.2) is 0 Å². The smallest absolute Gasteiger partial charge is 0.133 e. The first-order chi connectivity index (χ1) is 7.33. The van der Waals surface area contributed by atoms with E-state index in [1.54, 1.807) is 6.92 Å². The lowest BCUT2D eigenvalue weighted by Gasteiger charge is -2.37. The van der Waals surface area contributed by atoms with E-state index in [0.717, 1.165) is 32.5 Å². The van der Waals surface area contributed by atoms with Crippen molar-refractivity contribution in [3.8, 4) is 0 Å². The first-order valence-electron chi connectivity index (χ1n) is 6.28. The lowest BCUT2D eigenvalue weighted by molar-refractivity contribution is -0.122. The van der Waals surface area contributed by atoms with Crippen molar-refractivity contribution in [2.24, 2.45) is 11.8 Å². The summed E-state index contributed by atoms with van der Waals surface area (Å²) in [5.41, 5.74) is -0.622. The molecule has 0 spiro atoms. The van der Waals surface area contributed by atoms with Crippen molar-refractivity contribution in [1.29, 1.82) is 0 Å². The molecule has 1 rings (SSSR count). The highest BCUT2D eigenvalue weighted by atomic mass is 16.3. The van der Waals surface area contributed by atoms with Crippen LogP contribution in [-0.4, -0.2) is 41.0 Å². The summed E-state index contributed by atoms with van der Waals surface area (Å²) >= 11 is 0. The number of nitrogens with zero attached hydrogens (tertiary/aromatic N) is 1. The Balaban J connectivity index is 2.40. The number of ketones is 1. The normalized spacial score (nSPS) is 23.4. The van der Waals surface area contributed by atoms with Crippen LogP contribution in [0.3, 0.4) is 0 Å². The highest BCUT2D eigenvalue weighted by Gasteiger charge is 2.30. The maximum Gasteiger partial charge on any atom is 0.133 e. The largest absolute Gasteiger partial charge is 0.389 e. The molecule has 1 unspecified atom stereocenters. The molecule has 1 heterocycles. The molecule has 3 heteroatoms. The Morgan fingerprint density at radius 1 is 1.44 bits per heavy atom. The topological polar surface area (TPSA) is 40.5 Å². The van der Waals surface area contributed by atoms with Crippen LogP contribution < -0.4 is 0 Å². The Morgan fingerprint density at radius 3 is 2.31 bits per heavy atom. The molecule has 0 aliphatic carbocycles. The zero-order chi connectivity index (χ0) is 12.3. The number of Topliss-reactive ketones (excluding diaryl/α,β-unsaturated/α-hetero) is 1. The Morgan fingerprint density at radius 2 is 1.94 bits per heavy atom. The fourth-order valence-corrected chi connectivity index (χ4v) is 2.13. The summed E-state index contributed by atoms with van der Waals surface area (Å²) in [5.74, 6) is 0.827. The molecular weight excluding hydrogens is 202 g/mol. The highest BCUT2D eigenvalue weighted by molar-refractivity contribution is 5.78. The number of carbonyl (C=O) groups excluding carboxylic acids is 1. The predicted octanol–water partition coefficient (Wildman–Crippen LogP) is 1.69. The van der Waals surface area contributed by atoms with Crippen LogP contribution in [-0.2, 0) is 4.79 Å². The van der Waals surface area contributed by atoms with Gasteiger partial charge in [0.15, 0.2) is 0 Å². The minimum Gasteiger partial charge on any atom is -0.389 e. The van der Waals surface area contributed by atoms with Crippen molar-refractivity contribution in [2.45, 2.75) is 46.1 Å². The number of hydrogen-bond acceptors (Lipinski definition) is 3. The van der Waals surface area contributed by atoms with Crippen molar-refractivity contribution in [1.82, 2.24) is 4.90 Å². The van der Waals surface area contributed by atoms with Crippen LogP contribution in [0.2, 0.25) is 0 Å². The molecule has 0 radical (unpaired) electrons. The number of carbonyl (C=O) groups is 1. The van der Waals surface area contributed by atoms with Gasteiger partial charge in [-0.15, -0.1) is 0 Å². The summed E-state index contributed by atoms with van der Waals surface area (Å²) < 4.78 is 0. The summed E-state index contributed by atoms with van der Waals surface area (Å²) in [6.07, 6.45) is 1.90. The van der Waals surface area contributed by atoms with E-state index < -0.39 is 5.60 Å². The SMILES string of the molecule is CC(=O)C1CCN(CC(C)(O)C(C)C)CC1. The Bertz CT molecular complexity index is 240. The molecule has 1 atom stereocenters. The van der Waals surface area contributed by atoms with Crippen LogP contribution in [0.1, 0.15) is 40.5 Å². The Labute approximate surface area is 98.8 Å². The number of likely N-dealkylation sites (tertiary alicyclic amines) is 1. The monoisotopic (exact) mass is 227 g/mol. The van der Waals surface area contributed by atoms with E-state index >= 15 is 0 Å². The van der Waals surface area contributed by atoms with Crippen molar-refractivity contribution < 1.29 is 9.90 Å². The molecule has 1 N–H and O–H groups in total. The first kappa shape index (κ1) is 13.7. The minimum absolute atomic E-state index is 0.250. The standard InChI is InChI=1S/C13H25NO2/c1-10(2)13(4,16)9-14-7-5-12(6-8-14)11(3)15/h10,12,16H,5-9H2,1-4H3. The van der Waals surface area contributed by atoms with Crippen molar-refractivity contribution >= 4 is 5.78 Å². The van der Waals surface area contributed by atoms with Crippen molar-refractivity contribution in [2.75, 3.05) is 19.6 Å². The zero-order valence-electron chi connectivity index (χ0n) is 11.0. The Kier molecular flexibility index (Phi) is 4.51. The molecule has 16 heavy (non-hydrogen) atoms. The summed E-state index contributed by atoms with van der Waals surface area (Å²) in [4.78, 5) is 13.5. The molecule has 1 aliphatic heterocycles. The third kappa shape index (κ3) is 3.56. The van der Waals surface area contributed by atoms with E-state index in [9.17, 15) is 9.90 Å². The molecule has 0 aromatic rings. The average Bonchev–Trinajstić information content (AvgIpc) is 2.17. The molecule has 3 nitrogen and oxygen atoms in total. The van der Waals surface area contributed by atoms with Gasteiger partial charge in [-0.1, -0.05) is 13.8 Å². The predicted molar refractivity (Wildman–Crippen MR) is 65.3 cm³/mol. The summed E-state index contributed by atoms with van der Waals surface area (Å²) in [5, 5.41) is 10.2.